The molecule has 0 saturated carbocycles. The number of hydrogen-bond donors (Lipinski definition) is 1. The highest BCUT2D eigenvalue weighted by atomic mass is 35.5. The maximum absolute atomic E-state index is 4.28. The Morgan fingerprint density at radius 2 is 2.08 bits per heavy atom. The molecule has 0 spiro atoms. The molecule has 0 aliphatic heterocycles. The van der Waals surface area contributed by atoms with Crippen molar-refractivity contribution in [3.8, 4) is 0 Å². The first-order valence-electron chi connectivity index (χ1n) is 3.93. The Morgan fingerprint density at radius 3 is 2.77 bits per heavy atom. The van der Waals surface area contributed by atoms with E-state index in [1.807, 2.05) is 0 Å². The molecule has 0 saturated heterocycles. The van der Waals surface area contributed by atoms with Gasteiger partial charge in [-0.15, -0.1) is 12.4 Å². The largest absolute Gasteiger partial charge is 0.342 e. The molecule has 2 heterocycles. The number of fused-ring (bicyclic) bond motifs is 1. The molecule has 0 amide bonds. The molecule has 0 fully saturated rings. The quantitative estimate of drug-likeness (QED) is 0.762. The maximum atomic E-state index is 4.28. The van der Waals surface area contributed by atoms with Crippen LogP contribution in [0.3, 0.4) is 0 Å². The second kappa shape index (κ2) is 3.70. The molecule has 5 heteroatoms. The Balaban J connectivity index is 0.000000845. The summed E-state index contributed by atoms with van der Waals surface area (Å²) >= 11 is 0. The van der Waals surface area contributed by atoms with E-state index in [0.29, 0.717) is 5.92 Å². The van der Waals surface area contributed by atoms with Gasteiger partial charge in [0.1, 0.15) is 11.3 Å². The van der Waals surface area contributed by atoms with E-state index in [4.69, 9.17) is 0 Å². The van der Waals surface area contributed by atoms with Gasteiger partial charge < -0.3 is 4.98 Å². The molecular formula is C8H11ClN4. The second-order valence-electron chi connectivity index (χ2n) is 3.02. The normalized spacial score (nSPS) is 10.4. The van der Waals surface area contributed by atoms with Crippen LogP contribution in [0, 0.1) is 0 Å². The lowest BCUT2D eigenvalue weighted by Crippen LogP contribution is -1.96. The van der Waals surface area contributed by atoms with Crippen molar-refractivity contribution in [2.75, 3.05) is 0 Å². The van der Waals surface area contributed by atoms with E-state index in [1.165, 1.54) is 0 Å². The molecule has 70 valence electrons. The minimum absolute atomic E-state index is 0. The third-order valence-electron chi connectivity index (χ3n) is 1.71. The summed E-state index contributed by atoms with van der Waals surface area (Å²) in [4.78, 5) is 15.5. The lowest BCUT2D eigenvalue weighted by atomic mass is 10.2. The van der Waals surface area contributed by atoms with E-state index in [9.17, 15) is 0 Å². The Morgan fingerprint density at radius 1 is 1.31 bits per heavy atom. The molecular weight excluding hydrogens is 188 g/mol. The van der Waals surface area contributed by atoms with Crippen molar-refractivity contribution >= 4 is 23.6 Å². The monoisotopic (exact) mass is 198 g/mol. The van der Waals surface area contributed by atoms with E-state index >= 15 is 0 Å². The summed E-state index contributed by atoms with van der Waals surface area (Å²) in [5.74, 6) is 1.20. The highest BCUT2D eigenvalue weighted by Gasteiger charge is 2.04. The predicted molar refractivity (Wildman–Crippen MR) is 53.0 cm³/mol. The molecule has 0 radical (unpaired) electrons. The average molecular weight is 199 g/mol. The number of imidazole rings is 1. The third-order valence-corrected chi connectivity index (χ3v) is 1.71. The molecule has 0 aromatic carbocycles. The van der Waals surface area contributed by atoms with Gasteiger partial charge in [0, 0.05) is 5.92 Å². The molecule has 2 rings (SSSR count). The van der Waals surface area contributed by atoms with Crippen molar-refractivity contribution in [3.63, 3.8) is 0 Å². The first-order valence-corrected chi connectivity index (χ1v) is 3.93. The van der Waals surface area contributed by atoms with Crippen molar-refractivity contribution in [2.45, 2.75) is 19.8 Å². The fourth-order valence-electron chi connectivity index (χ4n) is 1.03. The molecule has 13 heavy (non-hydrogen) atoms. The van der Waals surface area contributed by atoms with Gasteiger partial charge in [-0.2, -0.15) is 0 Å². The van der Waals surface area contributed by atoms with Crippen molar-refractivity contribution in [3.05, 3.63) is 18.3 Å². The molecule has 0 unspecified atom stereocenters. The zero-order valence-corrected chi connectivity index (χ0v) is 8.30. The third kappa shape index (κ3) is 1.78. The summed E-state index contributed by atoms with van der Waals surface area (Å²) < 4.78 is 0. The van der Waals surface area contributed by atoms with Gasteiger partial charge in [0.05, 0.1) is 12.5 Å². The SMILES string of the molecule is CC(C)c1ncc2[nH]cnc2n1.Cl. The average Bonchev–Trinajstić information content (AvgIpc) is 2.49. The molecule has 4 nitrogen and oxygen atoms in total. The standard InChI is InChI=1S/C8H10N4.ClH/c1-5(2)7-9-3-6-8(12-7)11-4-10-6;/h3-5H,1-2H3,(H,9,10,11,12);1H. The number of H-pyrrole nitrogens is 1. The number of aromatic amines is 1. The Bertz CT molecular complexity index is 396. The minimum Gasteiger partial charge on any atom is -0.342 e. The summed E-state index contributed by atoms with van der Waals surface area (Å²) in [7, 11) is 0. The van der Waals surface area contributed by atoms with Crippen LogP contribution in [-0.2, 0) is 0 Å². The van der Waals surface area contributed by atoms with Crippen LogP contribution < -0.4 is 0 Å². The summed E-state index contributed by atoms with van der Waals surface area (Å²) in [6.45, 7) is 4.13. The predicted octanol–water partition coefficient (Wildman–Crippen LogP) is 1.90. The molecule has 2 aromatic rings. The number of nitrogens with one attached hydrogen (secondary N) is 1. The zero-order chi connectivity index (χ0) is 8.55. The van der Waals surface area contributed by atoms with Gasteiger partial charge >= 0.3 is 0 Å². The molecule has 0 atom stereocenters. The maximum Gasteiger partial charge on any atom is 0.180 e. The van der Waals surface area contributed by atoms with Crippen molar-refractivity contribution < 1.29 is 0 Å². The van der Waals surface area contributed by atoms with E-state index in [2.05, 4.69) is 33.8 Å². The molecule has 0 bridgehead atoms. The van der Waals surface area contributed by atoms with Gasteiger partial charge in [-0.05, 0) is 0 Å². The summed E-state index contributed by atoms with van der Waals surface area (Å²) in [5.41, 5.74) is 1.63. The molecule has 0 aliphatic rings. The van der Waals surface area contributed by atoms with Gasteiger partial charge in [0.15, 0.2) is 5.65 Å². The van der Waals surface area contributed by atoms with Crippen LogP contribution >= 0.6 is 12.4 Å². The van der Waals surface area contributed by atoms with Gasteiger partial charge in [0.2, 0.25) is 0 Å². The highest BCUT2D eigenvalue weighted by molar-refractivity contribution is 5.85. The second-order valence-corrected chi connectivity index (χ2v) is 3.02. The first-order chi connectivity index (χ1) is 5.77. The van der Waals surface area contributed by atoms with Crippen molar-refractivity contribution in [2.24, 2.45) is 0 Å². The fraction of sp³-hybridized carbons (Fsp3) is 0.375. The van der Waals surface area contributed by atoms with E-state index < -0.39 is 0 Å². The smallest absolute Gasteiger partial charge is 0.180 e. The molecule has 2 aromatic heterocycles. The summed E-state index contributed by atoms with van der Waals surface area (Å²) in [6.07, 6.45) is 3.40. The van der Waals surface area contributed by atoms with Crippen LogP contribution in [0.4, 0.5) is 0 Å². The van der Waals surface area contributed by atoms with E-state index in [1.54, 1.807) is 12.5 Å². The topological polar surface area (TPSA) is 54.5 Å². The zero-order valence-electron chi connectivity index (χ0n) is 7.48. The van der Waals surface area contributed by atoms with Crippen LogP contribution in [0.1, 0.15) is 25.6 Å². The van der Waals surface area contributed by atoms with Gasteiger partial charge in [-0.3, -0.25) is 0 Å². The fourth-order valence-corrected chi connectivity index (χ4v) is 1.03. The van der Waals surface area contributed by atoms with Crippen LogP contribution in [0.15, 0.2) is 12.5 Å². The molecule has 1 N–H and O–H groups in total. The number of rotatable bonds is 1. The summed E-state index contributed by atoms with van der Waals surface area (Å²) in [5, 5.41) is 0. The number of halogens is 1. The Hall–Kier alpha value is -1.16. The van der Waals surface area contributed by atoms with Gasteiger partial charge in [-0.1, -0.05) is 13.8 Å². The van der Waals surface area contributed by atoms with Crippen LogP contribution in [0.5, 0.6) is 0 Å². The Kier molecular flexibility index (Phi) is 2.83. The van der Waals surface area contributed by atoms with Crippen molar-refractivity contribution in [1.82, 2.24) is 19.9 Å². The molecule has 0 aliphatic carbocycles. The van der Waals surface area contributed by atoms with Crippen LogP contribution in [-0.4, -0.2) is 19.9 Å². The Labute approximate surface area is 82.2 Å². The first kappa shape index (κ1) is 9.92. The highest BCUT2D eigenvalue weighted by Crippen LogP contribution is 2.11. The number of nitrogens with zero attached hydrogens (tertiary/aromatic N) is 3. The van der Waals surface area contributed by atoms with Gasteiger partial charge in [-0.25, -0.2) is 15.0 Å². The van der Waals surface area contributed by atoms with E-state index in [0.717, 1.165) is 17.0 Å². The number of aromatic nitrogens is 4. The lowest BCUT2D eigenvalue weighted by molar-refractivity contribution is 0.781. The lowest BCUT2D eigenvalue weighted by Gasteiger charge is -2.00. The van der Waals surface area contributed by atoms with Crippen LogP contribution in [0.2, 0.25) is 0 Å². The van der Waals surface area contributed by atoms with Gasteiger partial charge in [0.25, 0.3) is 0 Å². The van der Waals surface area contributed by atoms with Crippen LogP contribution in [0.25, 0.3) is 11.2 Å². The van der Waals surface area contributed by atoms with E-state index in [-0.39, 0.29) is 12.4 Å². The minimum atomic E-state index is 0. The summed E-state index contributed by atoms with van der Waals surface area (Å²) in [6, 6.07) is 0. The van der Waals surface area contributed by atoms with Crippen molar-refractivity contribution in [1.29, 1.82) is 0 Å². The number of hydrogen-bond acceptors (Lipinski definition) is 3.